The molecule has 0 amide bonds. The number of aromatic amines is 1. The van der Waals surface area contributed by atoms with E-state index in [1.54, 1.807) is 13.8 Å². The van der Waals surface area contributed by atoms with Gasteiger partial charge in [-0.2, -0.15) is 5.26 Å². The third-order valence-corrected chi connectivity index (χ3v) is 3.73. The summed E-state index contributed by atoms with van der Waals surface area (Å²) in [5.74, 6) is -0.986. The normalized spacial score (nSPS) is 36.0. The van der Waals surface area contributed by atoms with Crippen molar-refractivity contribution in [2.24, 2.45) is 0 Å². The van der Waals surface area contributed by atoms with Gasteiger partial charge in [0.05, 0.1) is 6.61 Å². The van der Waals surface area contributed by atoms with E-state index in [9.17, 15) is 20.0 Å². The molecule has 2 saturated heterocycles. The molecule has 2 aliphatic rings. The van der Waals surface area contributed by atoms with Gasteiger partial charge in [0.25, 0.3) is 11.3 Å². The van der Waals surface area contributed by atoms with E-state index in [0.29, 0.717) is 0 Å². The first-order valence-corrected chi connectivity index (χ1v) is 6.71. The summed E-state index contributed by atoms with van der Waals surface area (Å²) in [4.78, 5) is 25.3. The molecule has 1 aromatic rings. The first-order chi connectivity index (χ1) is 10.3. The summed E-state index contributed by atoms with van der Waals surface area (Å²) in [5, 5.41) is 19.1. The molecule has 22 heavy (non-hydrogen) atoms. The minimum Gasteiger partial charge on any atom is -0.394 e. The molecule has 0 radical (unpaired) electrons. The van der Waals surface area contributed by atoms with Crippen molar-refractivity contribution < 1.29 is 19.3 Å². The number of aromatic nitrogens is 2. The standard InChI is InChI=1S/C13H15N3O6/c1-12(2)21-9-7(5-17)20-13(6-14,10(9)22-12)16-4-3-8(18)15-11(16)19/h3-4,7,9-10,17H,5H2,1-2H3,(H,15,18,19)/t7-,9?,10+,13-/m1/s1. The molecule has 2 fully saturated rings. The largest absolute Gasteiger partial charge is 0.394 e. The molecule has 0 aromatic carbocycles. The maximum atomic E-state index is 12.1. The minimum atomic E-state index is -1.83. The van der Waals surface area contributed by atoms with Gasteiger partial charge in [-0.15, -0.1) is 0 Å². The van der Waals surface area contributed by atoms with Crippen LogP contribution in [0.25, 0.3) is 0 Å². The van der Waals surface area contributed by atoms with Gasteiger partial charge in [-0.3, -0.25) is 14.3 Å². The number of nitrogens with one attached hydrogen (secondary N) is 1. The van der Waals surface area contributed by atoms with E-state index in [4.69, 9.17) is 14.2 Å². The molecule has 3 rings (SSSR count). The highest BCUT2D eigenvalue weighted by molar-refractivity contribution is 5.15. The Labute approximate surface area is 124 Å². The maximum absolute atomic E-state index is 12.1. The van der Waals surface area contributed by atoms with E-state index in [-0.39, 0.29) is 0 Å². The Balaban J connectivity index is 2.15. The van der Waals surface area contributed by atoms with Crippen molar-refractivity contribution in [1.29, 1.82) is 5.26 Å². The average Bonchev–Trinajstić information content (AvgIpc) is 2.91. The Morgan fingerprint density at radius 1 is 1.41 bits per heavy atom. The number of hydrogen-bond acceptors (Lipinski definition) is 7. The third kappa shape index (κ3) is 2.00. The smallest absolute Gasteiger partial charge is 0.331 e. The van der Waals surface area contributed by atoms with Crippen LogP contribution in [0.2, 0.25) is 0 Å². The molecule has 0 aliphatic carbocycles. The molecule has 0 spiro atoms. The lowest BCUT2D eigenvalue weighted by Crippen LogP contribution is -2.50. The number of fused-ring (bicyclic) bond motifs is 1. The molecule has 2 N–H and O–H groups in total. The first-order valence-electron chi connectivity index (χ1n) is 6.71. The number of aliphatic hydroxyl groups excluding tert-OH is 1. The van der Waals surface area contributed by atoms with Crippen molar-refractivity contribution in [3.63, 3.8) is 0 Å². The molecule has 3 heterocycles. The SMILES string of the molecule is CC1(C)OC2[C@@H](CO)O[C@@](C#N)(n3ccc(=O)[nH]c3=O)[C@H]2O1. The van der Waals surface area contributed by atoms with E-state index in [1.165, 1.54) is 0 Å². The van der Waals surface area contributed by atoms with Crippen LogP contribution in [-0.4, -0.2) is 45.4 Å². The Hall–Kier alpha value is -1.99. The van der Waals surface area contributed by atoms with Crippen LogP contribution in [-0.2, 0) is 19.9 Å². The zero-order valence-corrected chi connectivity index (χ0v) is 12.0. The minimum absolute atomic E-state index is 0.401. The van der Waals surface area contributed by atoms with Gasteiger partial charge in [-0.05, 0) is 13.8 Å². The van der Waals surface area contributed by atoms with E-state index >= 15 is 0 Å². The van der Waals surface area contributed by atoms with Crippen LogP contribution in [0.3, 0.4) is 0 Å². The fourth-order valence-electron chi connectivity index (χ4n) is 2.89. The van der Waals surface area contributed by atoms with Crippen LogP contribution >= 0.6 is 0 Å². The predicted octanol–water partition coefficient (Wildman–Crippen LogP) is -1.38. The lowest BCUT2D eigenvalue weighted by Gasteiger charge is -2.29. The zero-order chi connectivity index (χ0) is 16.1. The predicted molar refractivity (Wildman–Crippen MR) is 70.7 cm³/mol. The van der Waals surface area contributed by atoms with Gasteiger partial charge >= 0.3 is 5.69 Å². The van der Waals surface area contributed by atoms with Gasteiger partial charge in [0.15, 0.2) is 11.9 Å². The van der Waals surface area contributed by atoms with Crippen molar-refractivity contribution in [1.82, 2.24) is 9.55 Å². The molecule has 118 valence electrons. The number of aliphatic hydroxyl groups is 1. The number of hydrogen-bond donors (Lipinski definition) is 2. The van der Waals surface area contributed by atoms with Crippen molar-refractivity contribution >= 4 is 0 Å². The summed E-state index contributed by atoms with van der Waals surface area (Å²) >= 11 is 0. The molecule has 9 nitrogen and oxygen atoms in total. The van der Waals surface area contributed by atoms with E-state index in [1.807, 2.05) is 6.07 Å². The number of nitrogens with zero attached hydrogens (tertiary/aromatic N) is 2. The summed E-state index contributed by atoms with van der Waals surface area (Å²) < 4.78 is 17.9. The summed E-state index contributed by atoms with van der Waals surface area (Å²) in [5.41, 5.74) is -3.22. The second-order valence-corrected chi connectivity index (χ2v) is 5.65. The van der Waals surface area contributed by atoms with E-state index in [0.717, 1.165) is 16.8 Å². The summed E-state index contributed by atoms with van der Waals surface area (Å²) in [6.07, 6.45) is -1.30. The van der Waals surface area contributed by atoms with Crippen LogP contribution in [0.1, 0.15) is 13.8 Å². The van der Waals surface area contributed by atoms with E-state index < -0.39 is 47.7 Å². The highest BCUT2D eigenvalue weighted by Crippen LogP contribution is 2.45. The van der Waals surface area contributed by atoms with Gasteiger partial charge in [-0.25, -0.2) is 4.79 Å². The first kappa shape index (κ1) is 14.9. The Kier molecular flexibility index (Phi) is 3.23. The molecule has 2 aliphatic heterocycles. The van der Waals surface area contributed by atoms with Gasteiger partial charge in [0.1, 0.15) is 18.3 Å². The fourth-order valence-corrected chi connectivity index (χ4v) is 2.89. The van der Waals surface area contributed by atoms with Crippen LogP contribution in [0, 0.1) is 11.3 Å². The van der Waals surface area contributed by atoms with Crippen molar-refractivity contribution in [3.05, 3.63) is 33.1 Å². The van der Waals surface area contributed by atoms with Crippen LogP contribution in [0.4, 0.5) is 0 Å². The molecule has 1 aromatic heterocycles. The third-order valence-electron chi connectivity index (χ3n) is 3.73. The number of nitriles is 1. The van der Waals surface area contributed by atoms with Gasteiger partial charge in [0.2, 0.25) is 0 Å². The van der Waals surface area contributed by atoms with Gasteiger partial charge in [-0.1, -0.05) is 0 Å². The van der Waals surface area contributed by atoms with Crippen LogP contribution in [0.5, 0.6) is 0 Å². The lowest BCUT2D eigenvalue weighted by molar-refractivity contribution is -0.218. The lowest BCUT2D eigenvalue weighted by atomic mass is 10.0. The summed E-state index contributed by atoms with van der Waals surface area (Å²) in [7, 11) is 0. The highest BCUT2D eigenvalue weighted by Gasteiger charge is 2.65. The summed E-state index contributed by atoms with van der Waals surface area (Å²) in [6, 6.07) is 3.03. The summed E-state index contributed by atoms with van der Waals surface area (Å²) in [6.45, 7) is 2.93. The quantitative estimate of drug-likeness (QED) is 0.689. The Bertz CT molecular complexity index is 747. The van der Waals surface area contributed by atoms with Gasteiger partial charge < -0.3 is 19.3 Å². The second kappa shape index (κ2) is 4.76. The Morgan fingerprint density at radius 2 is 2.14 bits per heavy atom. The molecular weight excluding hydrogens is 294 g/mol. The topological polar surface area (TPSA) is 127 Å². The second-order valence-electron chi connectivity index (χ2n) is 5.65. The molecular formula is C13H15N3O6. The fraction of sp³-hybridized carbons (Fsp3) is 0.615. The zero-order valence-electron chi connectivity index (χ0n) is 12.0. The molecule has 4 atom stereocenters. The number of ether oxygens (including phenoxy) is 3. The number of H-pyrrole nitrogens is 1. The maximum Gasteiger partial charge on any atom is 0.331 e. The van der Waals surface area contributed by atoms with Crippen molar-refractivity contribution in [2.45, 2.75) is 43.7 Å². The average molecular weight is 309 g/mol. The van der Waals surface area contributed by atoms with Crippen molar-refractivity contribution in [2.75, 3.05) is 6.61 Å². The highest BCUT2D eigenvalue weighted by atomic mass is 16.8. The van der Waals surface area contributed by atoms with E-state index in [2.05, 4.69) is 4.98 Å². The molecule has 9 heteroatoms. The molecule has 0 saturated carbocycles. The van der Waals surface area contributed by atoms with Crippen LogP contribution < -0.4 is 11.2 Å². The van der Waals surface area contributed by atoms with Crippen molar-refractivity contribution in [3.8, 4) is 6.07 Å². The molecule has 0 bridgehead atoms. The molecule has 1 unspecified atom stereocenters. The Morgan fingerprint density at radius 3 is 2.73 bits per heavy atom. The van der Waals surface area contributed by atoms with Gasteiger partial charge in [0, 0.05) is 12.3 Å². The monoisotopic (exact) mass is 309 g/mol. The van der Waals surface area contributed by atoms with Crippen LogP contribution in [0.15, 0.2) is 21.9 Å². The number of rotatable bonds is 2.